The highest BCUT2D eigenvalue weighted by molar-refractivity contribution is 6.04. The number of amides is 3. The number of carbonyl (C=O) groups is 3. The number of nitrogens with zero attached hydrogens (tertiary/aromatic N) is 2. The molecule has 0 saturated heterocycles. The van der Waals surface area contributed by atoms with Crippen molar-refractivity contribution in [3.05, 3.63) is 41.6 Å². The topological polar surface area (TPSA) is 119 Å². The standard InChI is InChI=1S/C19H23N5O3/c1-24-16(22-18(26)12-6-3-2-4-7-12)11-15(23-24)19(27)21-14-9-5-8-13(10-14)17(20)25/h5,8-12H,2-4,6-7H2,1H3,(H2,20,25)(H,21,27)(H,22,26). The van der Waals surface area contributed by atoms with E-state index in [1.807, 2.05) is 0 Å². The van der Waals surface area contributed by atoms with Crippen LogP contribution in [0, 0.1) is 5.92 Å². The molecule has 1 aliphatic rings. The summed E-state index contributed by atoms with van der Waals surface area (Å²) in [7, 11) is 1.67. The zero-order valence-corrected chi connectivity index (χ0v) is 15.2. The number of anilines is 2. The molecule has 0 unspecified atom stereocenters. The van der Waals surface area contributed by atoms with E-state index in [4.69, 9.17) is 5.73 Å². The first-order valence-electron chi connectivity index (χ1n) is 9.00. The molecule has 3 rings (SSSR count). The molecule has 142 valence electrons. The monoisotopic (exact) mass is 369 g/mol. The second kappa shape index (κ2) is 8.03. The van der Waals surface area contributed by atoms with Gasteiger partial charge in [-0.1, -0.05) is 25.3 Å². The largest absolute Gasteiger partial charge is 0.366 e. The second-order valence-electron chi connectivity index (χ2n) is 6.76. The summed E-state index contributed by atoms with van der Waals surface area (Å²) in [5.74, 6) is -0.551. The van der Waals surface area contributed by atoms with Gasteiger partial charge in [0.15, 0.2) is 5.69 Å². The van der Waals surface area contributed by atoms with E-state index in [0.29, 0.717) is 17.1 Å². The number of rotatable bonds is 5. The van der Waals surface area contributed by atoms with Crippen LogP contribution in [0.15, 0.2) is 30.3 Å². The van der Waals surface area contributed by atoms with Gasteiger partial charge in [0, 0.05) is 30.3 Å². The number of aryl methyl sites for hydroxylation is 1. The summed E-state index contributed by atoms with van der Waals surface area (Å²) < 4.78 is 1.47. The minimum Gasteiger partial charge on any atom is -0.366 e. The summed E-state index contributed by atoms with van der Waals surface area (Å²) in [6, 6.07) is 7.88. The van der Waals surface area contributed by atoms with Crippen molar-refractivity contribution in [1.82, 2.24) is 9.78 Å². The summed E-state index contributed by atoms with van der Waals surface area (Å²) in [6.07, 6.45) is 5.11. The zero-order chi connectivity index (χ0) is 19.4. The number of nitrogens with two attached hydrogens (primary N) is 1. The van der Waals surface area contributed by atoms with Crippen molar-refractivity contribution in [2.45, 2.75) is 32.1 Å². The molecule has 1 aromatic heterocycles. The normalized spacial score (nSPS) is 14.6. The number of hydrogen-bond acceptors (Lipinski definition) is 4. The first-order chi connectivity index (χ1) is 12.9. The van der Waals surface area contributed by atoms with Crippen LogP contribution in [0.5, 0.6) is 0 Å². The smallest absolute Gasteiger partial charge is 0.276 e. The number of hydrogen-bond donors (Lipinski definition) is 3. The van der Waals surface area contributed by atoms with Gasteiger partial charge in [0.2, 0.25) is 11.8 Å². The van der Waals surface area contributed by atoms with Gasteiger partial charge in [-0.3, -0.25) is 19.1 Å². The van der Waals surface area contributed by atoms with Crippen LogP contribution in [-0.4, -0.2) is 27.5 Å². The van der Waals surface area contributed by atoms with Crippen LogP contribution in [-0.2, 0) is 11.8 Å². The van der Waals surface area contributed by atoms with Crippen molar-refractivity contribution >= 4 is 29.2 Å². The molecule has 1 saturated carbocycles. The molecule has 1 heterocycles. The van der Waals surface area contributed by atoms with E-state index in [1.54, 1.807) is 25.2 Å². The number of primary amides is 1. The number of aromatic nitrogens is 2. The molecule has 3 amide bonds. The molecule has 27 heavy (non-hydrogen) atoms. The van der Waals surface area contributed by atoms with Crippen LogP contribution in [0.3, 0.4) is 0 Å². The van der Waals surface area contributed by atoms with Gasteiger partial charge in [0.05, 0.1) is 0 Å². The quantitative estimate of drug-likeness (QED) is 0.749. The lowest BCUT2D eigenvalue weighted by molar-refractivity contribution is -0.120. The number of benzene rings is 1. The predicted octanol–water partition coefficient (Wildman–Crippen LogP) is 2.29. The third-order valence-electron chi connectivity index (χ3n) is 4.74. The Labute approximate surface area is 157 Å². The third kappa shape index (κ3) is 4.52. The van der Waals surface area contributed by atoms with Gasteiger partial charge < -0.3 is 16.4 Å². The summed E-state index contributed by atoms with van der Waals surface area (Å²) in [4.78, 5) is 36.1. The fourth-order valence-electron chi connectivity index (χ4n) is 3.23. The molecule has 1 aliphatic carbocycles. The molecular weight excluding hydrogens is 346 g/mol. The molecule has 8 heteroatoms. The van der Waals surface area contributed by atoms with E-state index in [1.165, 1.54) is 23.2 Å². The van der Waals surface area contributed by atoms with E-state index >= 15 is 0 Å². The van der Waals surface area contributed by atoms with Crippen molar-refractivity contribution in [3.63, 3.8) is 0 Å². The molecule has 1 aromatic carbocycles. The molecule has 0 atom stereocenters. The lowest BCUT2D eigenvalue weighted by Crippen LogP contribution is -2.25. The molecule has 1 fully saturated rings. The van der Waals surface area contributed by atoms with Gasteiger partial charge in [0.1, 0.15) is 5.82 Å². The first kappa shape index (κ1) is 18.6. The van der Waals surface area contributed by atoms with Crippen LogP contribution in [0.1, 0.15) is 53.0 Å². The molecule has 2 aromatic rings. The highest BCUT2D eigenvalue weighted by Crippen LogP contribution is 2.25. The lowest BCUT2D eigenvalue weighted by Gasteiger charge is -2.20. The van der Waals surface area contributed by atoms with Crippen LogP contribution in [0.4, 0.5) is 11.5 Å². The molecule has 4 N–H and O–H groups in total. The third-order valence-corrected chi connectivity index (χ3v) is 4.74. The molecule has 0 radical (unpaired) electrons. The van der Waals surface area contributed by atoms with E-state index in [9.17, 15) is 14.4 Å². The SMILES string of the molecule is Cn1nc(C(=O)Nc2cccc(C(N)=O)c2)cc1NC(=O)C1CCCCC1. The molecule has 0 spiro atoms. The van der Waals surface area contributed by atoms with E-state index in [0.717, 1.165) is 25.7 Å². The van der Waals surface area contributed by atoms with Crippen LogP contribution in [0.2, 0.25) is 0 Å². The lowest BCUT2D eigenvalue weighted by atomic mass is 9.89. The van der Waals surface area contributed by atoms with Crippen molar-refractivity contribution in [1.29, 1.82) is 0 Å². The van der Waals surface area contributed by atoms with Crippen LogP contribution < -0.4 is 16.4 Å². The minimum atomic E-state index is -0.573. The van der Waals surface area contributed by atoms with Gasteiger partial charge in [-0.2, -0.15) is 5.10 Å². The highest BCUT2D eigenvalue weighted by atomic mass is 16.2. The zero-order valence-electron chi connectivity index (χ0n) is 15.2. The number of carbonyl (C=O) groups excluding carboxylic acids is 3. The highest BCUT2D eigenvalue weighted by Gasteiger charge is 2.23. The van der Waals surface area contributed by atoms with Gasteiger partial charge >= 0.3 is 0 Å². The Hall–Kier alpha value is -3.16. The number of nitrogens with one attached hydrogen (secondary N) is 2. The summed E-state index contributed by atoms with van der Waals surface area (Å²) in [5, 5.41) is 9.70. The fraction of sp³-hybridized carbons (Fsp3) is 0.368. The van der Waals surface area contributed by atoms with E-state index < -0.39 is 11.8 Å². The molecular formula is C19H23N5O3. The Morgan fingerprint density at radius 2 is 1.85 bits per heavy atom. The average Bonchev–Trinajstić information content (AvgIpc) is 3.03. The molecule has 0 aliphatic heterocycles. The maximum Gasteiger partial charge on any atom is 0.276 e. The fourth-order valence-corrected chi connectivity index (χ4v) is 3.23. The van der Waals surface area contributed by atoms with Crippen molar-refractivity contribution in [2.24, 2.45) is 18.7 Å². The first-order valence-corrected chi connectivity index (χ1v) is 9.00. The summed E-state index contributed by atoms with van der Waals surface area (Å²) in [6.45, 7) is 0. The average molecular weight is 369 g/mol. The summed E-state index contributed by atoms with van der Waals surface area (Å²) >= 11 is 0. The van der Waals surface area contributed by atoms with Gasteiger partial charge in [-0.25, -0.2) is 0 Å². The summed E-state index contributed by atoms with van der Waals surface area (Å²) in [5.41, 5.74) is 6.16. The Balaban J connectivity index is 1.68. The Bertz CT molecular complexity index is 868. The van der Waals surface area contributed by atoms with Gasteiger partial charge in [0.25, 0.3) is 5.91 Å². The Morgan fingerprint density at radius 3 is 2.56 bits per heavy atom. The van der Waals surface area contributed by atoms with Gasteiger partial charge in [-0.05, 0) is 31.0 Å². The van der Waals surface area contributed by atoms with E-state index in [-0.39, 0.29) is 17.5 Å². The van der Waals surface area contributed by atoms with Crippen molar-refractivity contribution in [3.8, 4) is 0 Å². The van der Waals surface area contributed by atoms with Gasteiger partial charge in [-0.15, -0.1) is 0 Å². The Morgan fingerprint density at radius 1 is 1.11 bits per heavy atom. The molecule has 0 bridgehead atoms. The van der Waals surface area contributed by atoms with Crippen LogP contribution in [0.25, 0.3) is 0 Å². The maximum absolute atomic E-state index is 12.4. The van der Waals surface area contributed by atoms with Crippen molar-refractivity contribution in [2.75, 3.05) is 10.6 Å². The Kier molecular flexibility index (Phi) is 5.54. The van der Waals surface area contributed by atoms with Crippen molar-refractivity contribution < 1.29 is 14.4 Å². The van der Waals surface area contributed by atoms with Crippen LogP contribution >= 0.6 is 0 Å². The molecule has 8 nitrogen and oxygen atoms in total. The van der Waals surface area contributed by atoms with E-state index in [2.05, 4.69) is 15.7 Å². The predicted molar refractivity (Wildman–Crippen MR) is 101 cm³/mol. The second-order valence-corrected chi connectivity index (χ2v) is 6.76. The minimum absolute atomic E-state index is 0.0162. The maximum atomic E-state index is 12.4.